The highest BCUT2D eigenvalue weighted by Gasteiger charge is 2.34. The van der Waals surface area contributed by atoms with Crippen LogP contribution in [-0.2, 0) is 32.3 Å². The highest BCUT2D eigenvalue weighted by Crippen LogP contribution is 2.32. The molecule has 3 aromatic rings. The summed E-state index contributed by atoms with van der Waals surface area (Å²) >= 11 is 0. The van der Waals surface area contributed by atoms with Gasteiger partial charge in [0.2, 0.25) is 5.89 Å². The molecule has 0 aliphatic heterocycles. The highest BCUT2D eigenvalue weighted by molar-refractivity contribution is 7.87. The Kier molecular flexibility index (Phi) is 7.88. The van der Waals surface area contributed by atoms with E-state index in [0.717, 1.165) is 0 Å². The number of nitrogens with zero attached hydrogens (tertiary/aromatic N) is 2. The molecule has 164 valence electrons. The lowest BCUT2D eigenvalue weighted by Crippen LogP contribution is -2.14. The molecule has 2 atom stereocenters. The van der Waals surface area contributed by atoms with E-state index in [0.29, 0.717) is 16.3 Å². The summed E-state index contributed by atoms with van der Waals surface area (Å²) in [6, 6.07) is 5.18. The van der Waals surface area contributed by atoms with Gasteiger partial charge < -0.3 is 10.2 Å². The number of halogens is 3. The fourth-order valence-electron chi connectivity index (χ4n) is 2.22. The molecule has 2 heterocycles. The minimum absolute atomic E-state index is 0.0332. The zero-order chi connectivity index (χ0) is 22.6. The van der Waals surface area contributed by atoms with Crippen molar-refractivity contribution in [1.29, 1.82) is 4.78 Å². The Hall–Kier alpha value is -2.12. The molecule has 1 aromatic carbocycles. The first-order valence-electron chi connectivity index (χ1n) is 8.26. The van der Waals surface area contributed by atoms with Crippen molar-refractivity contribution in [3.05, 3.63) is 30.5 Å². The van der Waals surface area contributed by atoms with Gasteiger partial charge in [0.25, 0.3) is 0 Å². The summed E-state index contributed by atoms with van der Waals surface area (Å²) in [5, 5.41) is 0. The molecule has 0 aliphatic rings. The van der Waals surface area contributed by atoms with Gasteiger partial charge in [0.1, 0.15) is 11.2 Å². The second-order valence-electron chi connectivity index (χ2n) is 5.89. The number of alkyl halides is 3. The molecule has 30 heavy (non-hydrogen) atoms. The first-order chi connectivity index (χ1) is 13.9. The monoisotopic (exact) mass is 480 g/mol. The number of nitrogens with two attached hydrogens (primary N) is 1. The highest BCUT2D eigenvalue weighted by atomic mass is 32.2. The Bertz CT molecular complexity index is 1130. The molecule has 2 unspecified atom stereocenters. The topological polar surface area (TPSA) is 123 Å². The number of aromatic nitrogens is 2. The van der Waals surface area contributed by atoms with Crippen LogP contribution in [0.2, 0.25) is 0 Å². The van der Waals surface area contributed by atoms with Crippen LogP contribution in [0.15, 0.2) is 44.7 Å². The van der Waals surface area contributed by atoms with Gasteiger partial charge in [-0.1, -0.05) is 6.92 Å². The lowest BCUT2D eigenvalue weighted by Gasteiger charge is -2.08. The van der Waals surface area contributed by atoms with Crippen LogP contribution in [0.25, 0.3) is 22.7 Å². The van der Waals surface area contributed by atoms with Crippen molar-refractivity contribution in [2.45, 2.75) is 22.2 Å². The van der Waals surface area contributed by atoms with Gasteiger partial charge in [0.15, 0.2) is 5.58 Å². The Balaban J connectivity index is 0.000000735. The number of hydrogen-bond acceptors (Lipinski definition) is 7. The van der Waals surface area contributed by atoms with Crippen molar-refractivity contribution >= 4 is 49.1 Å². The Morgan fingerprint density at radius 2 is 1.83 bits per heavy atom. The number of oxazole rings is 1. The fourth-order valence-corrected chi connectivity index (χ4v) is 3.85. The largest absolute Gasteiger partial charge is 0.456 e. The number of fused-ring (bicyclic) bond motifs is 1. The van der Waals surface area contributed by atoms with E-state index in [1.54, 1.807) is 19.4 Å². The van der Waals surface area contributed by atoms with E-state index in [-0.39, 0.29) is 27.6 Å². The molecule has 13 heteroatoms. The van der Waals surface area contributed by atoms with Crippen LogP contribution < -0.4 is 5.73 Å². The van der Waals surface area contributed by atoms with E-state index in [4.69, 9.17) is 14.9 Å². The molecule has 0 aliphatic carbocycles. The van der Waals surface area contributed by atoms with E-state index in [1.165, 1.54) is 30.5 Å². The molecule has 0 fully saturated rings. The Morgan fingerprint density at radius 3 is 2.40 bits per heavy atom. The van der Waals surface area contributed by atoms with E-state index < -0.39 is 37.8 Å². The zero-order valence-electron chi connectivity index (χ0n) is 16.1. The lowest BCUT2D eigenvalue weighted by atomic mass is 10.3. The Morgan fingerprint density at radius 1 is 1.20 bits per heavy atom. The van der Waals surface area contributed by atoms with Crippen molar-refractivity contribution < 1.29 is 26.0 Å². The van der Waals surface area contributed by atoms with Crippen LogP contribution >= 0.6 is 0 Å². The molecule has 0 saturated heterocycles. The molecule has 2 aromatic heterocycles. The summed E-state index contributed by atoms with van der Waals surface area (Å²) in [6.45, 7) is 1.73. The van der Waals surface area contributed by atoms with Gasteiger partial charge in [0.05, 0.1) is 27.6 Å². The smallest absolute Gasteiger partial charge is 0.435 e. The zero-order valence-corrected chi connectivity index (χ0v) is 18.6. The van der Waals surface area contributed by atoms with Crippen LogP contribution in [0, 0.1) is 4.78 Å². The maximum absolute atomic E-state index is 12.7. The predicted octanol–water partition coefficient (Wildman–Crippen LogP) is 3.85. The second kappa shape index (κ2) is 9.79. The van der Waals surface area contributed by atoms with Gasteiger partial charge in [-0.2, -0.15) is 13.2 Å². The van der Waals surface area contributed by atoms with Crippen LogP contribution in [0.5, 0.6) is 0 Å². The van der Waals surface area contributed by atoms with Crippen molar-refractivity contribution in [1.82, 2.24) is 9.97 Å². The van der Waals surface area contributed by atoms with Crippen LogP contribution in [0.1, 0.15) is 6.92 Å². The molecular formula is C17H19F3N4O3S3. The number of nitrogen functional groups attached to an aromatic ring is 1. The predicted molar refractivity (Wildman–Crippen MR) is 113 cm³/mol. The molecule has 0 spiro atoms. The van der Waals surface area contributed by atoms with Crippen molar-refractivity contribution in [3.8, 4) is 11.6 Å². The van der Waals surface area contributed by atoms with Crippen molar-refractivity contribution in [3.63, 3.8) is 0 Å². The first-order valence-corrected chi connectivity index (χ1v) is 12.8. The summed E-state index contributed by atoms with van der Waals surface area (Å²) in [5.74, 6) is 0.362. The number of hydrogen-bond donors (Lipinski definition) is 2. The quantitative estimate of drug-likeness (QED) is 0.585. The van der Waals surface area contributed by atoms with E-state index >= 15 is 0 Å². The molecule has 0 radical (unpaired) electrons. The summed E-state index contributed by atoms with van der Waals surface area (Å²) in [5.41, 5.74) is 2.00. The summed E-state index contributed by atoms with van der Waals surface area (Å²) in [4.78, 5) is 8.41. The van der Waals surface area contributed by atoms with E-state index in [9.17, 15) is 21.6 Å². The third-order valence-corrected chi connectivity index (χ3v) is 5.92. The standard InChI is InChI=1S/C15H13F3N4O2S2.C2H6OS/c1-2-25(23)12-5-8(19)7-21-13(12)14-22-10-6-9(3-4-11(10)24-14)26(20)15(16,17)18;1-4(2)3/h3-7,20H,2,19H2,1H3;1-2H3. The third kappa shape index (κ3) is 5.95. The average Bonchev–Trinajstić information content (AvgIpc) is 3.08. The molecule has 0 amide bonds. The van der Waals surface area contributed by atoms with Crippen molar-refractivity contribution in [2.75, 3.05) is 24.0 Å². The molecule has 3 N–H and O–H groups in total. The van der Waals surface area contributed by atoms with Gasteiger partial charge in [0, 0.05) is 44.7 Å². The normalized spacial score (nSPS) is 13.7. The van der Waals surface area contributed by atoms with Crippen LogP contribution in [0.3, 0.4) is 0 Å². The maximum Gasteiger partial charge on any atom is 0.456 e. The molecular weight excluding hydrogens is 461 g/mol. The summed E-state index contributed by atoms with van der Waals surface area (Å²) < 4.78 is 72.9. The van der Waals surface area contributed by atoms with Gasteiger partial charge in [-0.05, 0) is 24.3 Å². The number of anilines is 1. The van der Waals surface area contributed by atoms with Gasteiger partial charge in [-0.3, -0.25) is 13.2 Å². The van der Waals surface area contributed by atoms with E-state index in [2.05, 4.69) is 9.97 Å². The molecule has 7 nitrogen and oxygen atoms in total. The number of rotatable bonds is 4. The number of benzene rings is 1. The molecule has 0 bridgehead atoms. The Labute approximate surface area is 178 Å². The summed E-state index contributed by atoms with van der Waals surface area (Å²) in [7, 11) is -4.66. The fraction of sp³-hybridized carbons (Fsp3) is 0.294. The number of nitrogens with one attached hydrogen (secondary N) is 1. The SMILES string of the molecule is CCS(=O)c1cc(N)cnc1-c1nc2cc(S(=N)C(F)(F)F)ccc2o1.CS(C)=O. The third-order valence-electron chi connectivity index (χ3n) is 3.41. The summed E-state index contributed by atoms with van der Waals surface area (Å²) in [6.07, 6.45) is 4.64. The van der Waals surface area contributed by atoms with Crippen molar-refractivity contribution in [2.24, 2.45) is 0 Å². The average molecular weight is 481 g/mol. The van der Waals surface area contributed by atoms with Crippen LogP contribution in [-0.4, -0.2) is 42.2 Å². The van der Waals surface area contributed by atoms with Crippen LogP contribution in [0.4, 0.5) is 18.9 Å². The minimum Gasteiger partial charge on any atom is -0.435 e. The second-order valence-corrected chi connectivity index (χ2v) is 10.6. The van der Waals surface area contributed by atoms with Gasteiger partial charge in [-0.15, -0.1) is 0 Å². The molecule has 0 saturated carbocycles. The molecule has 3 rings (SSSR count). The van der Waals surface area contributed by atoms with Gasteiger partial charge >= 0.3 is 5.51 Å². The first kappa shape index (κ1) is 24.2. The van der Waals surface area contributed by atoms with Gasteiger partial charge in [-0.25, -0.2) is 9.97 Å². The van der Waals surface area contributed by atoms with E-state index in [1.807, 2.05) is 0 Å². The lowest BCUT2D eigenvalue weighted by molar-refractivity contribution is -0.0360. The number of pyridine rings is 1. The maximum atomic E-state index is 12.7. The minimum atomic E-state index is -4.65.